The van der Waals surface area contributed by atoms with Crippen LogP contribution in [-0.2, 0) is 14.1 Å². The molecule has 0 radical (unpaired) electrons. The Morgan fingerprint density at radius 2 is 1.28 bits per heavy atom. The van der Waals surface area contributed by atoms with Crippen molar-refractivity contribution >= 4 is 28.2 Å². The van der Waals surface area contributed by atoms with Gasteiger partial charge in [-0.2, -0.15) is 0 Å². The zero-order valence-corrected chi connectivity index (χ0v) is 19.5. The molecule has 0 fully saturated rings. The van der Waals surface area contributed by atoms with Gasteiger partial charge in [-0.3, -0.25) is 4.79 Å². The van der Waals surface area contributed by atoms with Gasteiger partial charge in [-0.1, -0.05) is 52.2 Å². The third kappa shape index (κ3) is 7.52. The van der Waals surface area contributed by atoms with E-state index in [1.54, 1.807) is 12.1 Å². The SMILES string of the molecule is Cc1ccc(C(=O)C[S+](C)(=O)C#Cc2ccccc2)cc1.Fc1c(F)c(F)c([B-](F)(F)F)c(F)c1F. The average molecular weight is 532 g/mol. The minimum absolute atomic E-state index is 0.0457. The summed E-state index contributed by atoms with van der Waals surface area (Å²) in [6.07, 6.45) is 1.54. The number of hydrogen-bond acceptors (Lipinski definition) is 2. The fourth-order valence-corrected chi connectivity index (χ4v) is 3.78. The Morgan fingerprint density at radius 3 is 1.75 bits per heavy atom. The second-order valence-electron chi connectivity index (χ2n) is 7.59. The number of ketones is 1. The highest BCUT2D eigenvalue weighted by atomic mass is 32.2. The molecule has 0 spiro atoms. The molecule has 36 heavy (non-hydrogen) atoms. The first-order valence-corrected chi connectivity index (χ1v) is 12.1. The summed E-state index contributed by atoms with van der Waals surface area (Å²) in [5, 5.41) is 2.74. The summed E-state index contributed by atoms with van der Waals surface area (Å²) in [6, 6.07) is 16.6. The molecule has 0 aliphatic heterocycles. The van der Waals surface area contributed by atoms with E-state index in [4.69, 9.17) is 0 Å². The third-order valence-electron chi connectivity index (χ3n) is 4.54. The maximum atomic E-state index is 12.5. The largest absolute Gasteiger partial charge is 0.515 e. The van der Waals surface area contributed by atoms with E-state index in [0.717, 1.165) is 11.1 Å². The van der Waals surface area contributed by atoms with Gasteiger partial charge in [0.25, 0.3) is 0 Å². The Kier molecular flexibility index (Phi) is 9.21. The molecule has 0 N–H and O–H groups in total. The van der Waals surface area contributed by atoms with Crippen LogP contribution in [0.5, 0.6) is 0 Å². The van der Waals surface area contributed by atoms with Gasteiger partial charge in [-0.05, 0) is 30.4 Å². The van der Waals surface area contributed by atoms with E-state index >= 15 is 0 Å². The Morgan fingerprint density at radius 1 is 0.806 bits per heavy atom. The molecule has 0 aromatic heterocycles. The second-order valence-corrected chi connectivity index (χ2v) is 10.1. The smallest absolute Gasteiger partial charge is 0.445 e. The first-order valence-electron chi connectivity index (χ1n) is 10.00. The Labute approximate surface area is 202 Å². The predicted octanol–water partition coefficient (Wildman–Crippen LogP) is 5.75. The first kappa shape index (κ1) is 28.8. The minimum atomic E-state index is -6.30. The number of carbonyl (C=O) groups excluding carboxylic acids is 1. The molecule has 0 amide bonds. The van der Waals surface area contributed by atoms with Crippen molar-refractivity contribution in [2.24, 2.45) is 0 Å². The molecular weight excluding hydrogens is 515 g/mol. The van der Waals surface area contributed by atoms with Crippen LogP contribution in [0.15, 0.2) is 54.6 Å². The molecule has 190 valence electrons. The molecule has 0 aliphatic rings. The normalized spacial score (nSPS) is 12.5. The van der Waals surface area contributed by atoms with Crippen LogP contribution in [-0.4, -0.2) is 24.8 Å². The maximum absolute atomic E-state index is 12.5. The van der Waals surface area contributed by atoms with Gasteiger partial charge in [0.1, 0.15) is 17.9 Å². The number of Topliss-reactive ketones (excluding diaryl/α,β-unsaturated/α-hetero) is 1. The van der Waals surface area contributed by atoms with Crippen molar-refractivity contribution in [1.29, 1.82) is 0 Å². The van der Waals surface area contributed by atoms with Crippen molar-refractivity contribution in [3.63, 3.8) is 0 Å². The topological polar surface area (TPSA) is 34.1 Å². The van der Waals surface area contributed by atoms with E-state index in [1.807, 2.05) is 49.4 Å². The van der Waals surface area contributed by atoms with Crippen molar-refractivity contribution in [3.8, 4) is 11.2 Å². The molecule has 0 saturated carbocycles. The quantitative estimate of drug-likeness (QED) is 0.0816. The zero-order chi connectivity index (χ0) is 27.3. The van der Waals surface area contributed by atoms with Crippen LogP contribution < -0.4 is 5.46 Å². The Hall–Kier alpha value is -3.46. The van der Waals surface area contributed by atoms with Gasteiger partial charge in [0.05, 0.1) is 0 Å². The van der Waals surface area contributed by atoms with Gasteiger partial charge >= 0.3 is 6.98 Å². The van der Waals surface area contributed by atoms with E-state index in [-0.39, 0.29) is 11.5 Å². The number of aryl methyl sites for hydroxylation is 1. The van der Waals surface area contributed by atoms with Gasteiger partial charge in [-0.15, -0.1) is 0 Å². The van der Waals surface area contributed by atoms with Gasteiger partial charge in [0.15, 0.2) is 38.4 Å². The van der Waals surface area contributed by atoms with E-state index in [9.17, 15) is 43.9 Å². The van der Waals surface area contributed by atoms with Crippen LogP contribution in [0.2, 0.25) is 0 Å². The van der Waals surface area contributed by atoms with Crippen LogP contribution in [0.25, 0.3) is 0 Å². The number of hydrogen-bond donors (Lipinski definition) is 0. The van der Waals surface area contributed by atoms with E-state index in [0.29, 0.717) is 5.56 Å². The molecule has 0 heterocycles. The lowest BCUT2D eigenvalue weighted by atomic mass is 9.79. The van der Waals surface area contributed by atoms with Gasteiger partial charge in [0.2, 0.25) is 5.78 Å². The van der Waals surface area contributed by atoms with Crippen LogP contribution in [0.1, 0.15) is 21.5 Å². The van der Waals surface area contributed by atoms with Crippen LogP contribution in [0.3, 0.4) is 0 Å². The van der Waals surface area contributed by atoms with Crippen molar-refractivity contribution < 1.29 is 43.9 Å². The summed E-state index contributed by atoms with van der Waals surface area (Å²) < 4.78 is 110. The number of halogens is 8. The number of carbonyl (C=O) groups is 1. The molecule has 0 aliphatic carbocycles. The molecule has 1 unspecified atom stereocenters. The summed E-state index contributed by atoms with van der Waals surface area (Å²) in [5.41, 5.74) is -0.259. The molecule has 0 bridgehead atoms. The highest BCUT2D eigenvalue weighted by Crippen LogP contribution is 2.21. The van der Waals surface area contributed by atoms with Crippen molar-refractivity contribution in [2.45, 2.75) is 6.92 Å². The van der Waals surface area contributed by atoms with Gasteiger partial charge < -0.3 is 12.9 Å². The van der Waals surface area contributed by atoms with Crippen molar-refractivity contribution in [3.05, 3.63) is 100 Å². The Bertz CT molecular complexity index is 1330. The summed E-state index contributed by atoms with van der Waals surface area (Å²) in [5.74, 6) is -10.9. The molecular formula is C24H17BF8O2S. The molecule has 1 atom stereocenters. The summed E-state index contributed by atoms with van der Waals surface area (Å²) in [6.45, 7) is -4.34. The Balaban J connectivity index is 0.000000269. The van der Waals surface area contributed by atoms with Crippen molar-refractivity contribution in [2.75, 3.05) is 12.0 Å². The van der Waals surface area contributed by atoms with Crippen LogP contribution >= 0.6 is 0 Å². The highest BCUT2D eigenvalue weighted by Gasteiger charge is 2.37. The molecule has 3 rings (SSSR count). The lowest BCUT2D eigenvalue weighted by Crippen LogP contribution is -2.41. The second kappa shape index (κ2) is 11.5. The average Bonchev–Trinajstić information content (AvgIpc) is 2.81. The molecule has 0 saturated heterocycles. The van der Waals surface area contributed by atoms with Gasteiger partial charge in [-0.25, -0.2) is 22.0 Å². The van der Waals surface area contributed by atoms with E-state index < -0.39 is 51.5 Å². The predicted molar refractivity (Wildman–Crippen MR) is 123 cm³/mol. The summed E-state index contributed by atoms with van der Waals surface area (Å²) >= 11 is 0. The summed E-state index contributed by atoms with van der Waals surface area (Å²) in [4.78, 5) is 12.1. The number of benzene rings is 3. The fourth-order valence-electron chi connectivity index (χ4n) is 2.71. The molecule has 2 nitrogen and oxygen atoms in total. The monoisotopic (exact) mass is 532 g/mol. The van der Waals surface area contributed by atoms with Crippen LogP contribution in [0.4, 0.5) is 34.9 Å². The lowest BCUT2D eigenvalue weighted by Gasteiger charge is -2.17. The first-order chi connectivity index (χ1) is 16.6. The lowest BCUT2D eigenvalue weighted by molar-refractivity contribution is 0.102. The maximum Gasteiger partial charge on any atom is 0.515 e. The minimum Gasteiger partial charge on any atom is -0.445 e. The van der Waals surface area contributed by atoms with E-state index in [1.165, 1.54) is 6.26 Å². The highest BCUT2D eigenvalue weighted by molar-refractivity contribution is 8.07. The summed E-state index contributed by atoms with van der Waals surface area (Å²) in [7, 11) is -2.50. The third-order valence-corrected chi connectivity index (χ3v) is 5.88. The standard InChI is InChI=1S/C18H17O2S.C6BF8/c1-15-8-10-17(11-9-15)18(19)14-21(2,20)13-12-16-6-4-3-5-7-16;8-2-1(7(13,14)15)3(9)5(11)6(12)4(2)10/h3-11H,14H2,1-2H3;/q+1;-1. The fraction of sp³-hybridized carbons (Fsp3) is 0.125. The van der Waals surface area contributed by atoms with Crippen LogP contribution in [0, 0.1) is 47.2 Å². The van der Waals surface area contributed by atoms with E-state index in [2.05, 4.69) is 11.2 Å². The zero-order valence-electron chi connectivity index (χ0n) is 18.7. The molecule has 3 aromatic rings. The van der Waals surface area contributed by atoms with Gasteiger partial charge in [0, 0.05) is 11.1 Å². The number of rotatable bonds is 4. The molecule has 3 aromatic carbocycles. The van der Waals surface area contributed by atoms with Crippen molar-refractivity contribution in [1.82, 2.24) is 0 Å². The molecule has 12 heteroatoms.